The van der Waals surface area contributed by atoms with Crippen LogP contribution in [-0.2, 0) is 7.05 Å². The summed E-state index contributed by atoms with van der Waals surface area (Å²) in [6, 6.07) is 11.6. The molecule has 0 aliphatic carbocycles. The van der Waals surface area contributed by atoms with Gasteiger partial charge in [-0.05, 0) is 49.2 Å². The highest BCUT2D eigenvalue weighted by Crippen LogP contribution is 2.20. The maximum atomic E-state index is 12.1. The third-order valence-electron chi connectivity index (χ3n) is 3.97. The minimum Gasteiger partial charge on any atom is -0.350 e. The second kappa shape index (κ2) is 6.54. The van der Waals surface area contributed by atoms with Gasteiger partial charge in [0.2, 0.25) is 0 Å². The van der Waals surface area contributed by atoms with E-state index in [-0.39, 0.29) is 5.91 Å². The molecule has 122 valence electrons. The molecule has 24 heavy (non-hydrogen) atoms. The third kappa shape index (κ3) is 3.27. The first kappa shape index (κ1) is 15.7. The molecule has 0 unspecified atom stereocenters. The van der Waals surface area contributed by atoms with E-state index in [2.05, 4.69) is 40.6 Å². The summed E-state index contributed by atoms with van der Waals surface area (Å²) in [6.45, 7) is 4.12. The summed E-state index contributed by atoms with van der Waals surface area (Å²) in [5, 5.41) is 10.9. The van der Waals surface area contributed by atoms with Crippen LogP contribution >= 0.6 is 0 Å². The van der Waals surface area contributed by atoms with Gasteiger partial charge >= 0.3 is 0 Å². The fourth-order valence-electron chi connectivity index (χ4n) is 2.31. The standard InChI is InChI=1S/C18H19N5O/c1-12-6-7-14(9-13(12)2)16-10-17(21-20-16)18(24)22-19-11-15-5-4-8-23(15)3/h4-11H,1-3H3,(H,20,21)(H,22,24). The zero-order valence-corrected chi connectivity index (χ0v) is 13.9. The second-order valence-corrected chi connectivity index (χ2v) is 5.71. The normalized spacial score (nSPS) is 11.1. The maximum absolute atomic E-state index is 12.1. The molecule has 0 saturated carbocycles. The molecule has 2 N–H and O–H groups in total. The van der Waals surface area contributed by atoms with Gasteiger partial charge in [-0.25, -0.2) is 5.43 Å². The van der Waals surface area contributed by atoms with E-state index in [9.17, 15) is 4.79 Å². The van der Waals surface area contributed by atoms with Crippen LogP contribution in [0, 0.1) is 13.8 Å². The summed E-state index contributed by atoms with van der Waals surface area (Å²) >= 11 is 0. The zero-order valence-electron chi connectivity index (χ0n) is 13.9. The van der Waals surface area contributed by atoms with Crippen molar-refractivity contribution in [3.8, 4) is 11.3 Å². The Labute approximate surface area is 140 Å². The second-order valence-electron chi connectivity index (χ2n) is 5.71. The molecular formula is C18H19N5O. The highest BCUT2D eigenvalue weighted by atomic mass is 16.2. The molecule has 2 aromatic heterocycles. The van der Waals surface area contributed by atoms with E-state index in [4.69, 9.17) is 0 Å². The van der Waals surface area contributed by atoms with E-state index >= 15 is 0 Å². The van der Waals surface area contributed by atoms with Gasteiger partial charge in [-0.1, -0.05) is 12.1 Å². The summed E-state index contributed by atoms with van der Waals surface area (Å²) in [7, 11) is 1.91. The highest BCUT2D eigenvalue weighted by molar-refractivity contribution is 5.94. The Balaban J connectivity index is 1.70. The van der Waals surface area contributed by atoms with E-state index in [1.54, 1.807) is 12.3 Å². The molecule has 3 rings (SSSR count). The van der Waals surface area contributed by atoms with E-state index in [1.165, 1.54) is 11.1 Å². The Morgan fingerprint density at radius 2 is 2.08 bits per heavy atom. The first-order chi connectivity index (χ1) is 11.5. The molecule has 0 radical (unpaired) electrons. The van der Waals surface area contributed by atoms with E-state index in [0.29, 0.717) is 5.69 Å². The van der Waals surface area contributed by atoms with Crippen LogP contribution in [0.5, 0.6) is 0 Å². The van der Waals surface area contributed by atoms with Crippen LogP contribution in [-0.4, -0.2) is 26.9 Å². The van der Waals surface area contributed by atoms with E-state index < -0.39 is 0 Å². The Morgan fingerprint density at radius 3 is 2.79 bits per heavy atom. The summed E-state index contributed by atoms with van der Waals surface area (Å²) in [6.07, 6.45) is 3.51. The third-order valence-corrected chi connectivity index (χ3v) is 3.97. The first-order valence-electron chi connectivity index (χ1n) is 7.62. The van der Waals surface area contributed by atoms with Gasteiger partial charge in [0, 0.05) is 18.8 Å². The number of nitrogens with zero attached hydrogens (tertiary/aromatic N) is 3. The minimum atomic E-state index is -0.331. The number of hydrogen-bond donors (Lipinski definition) is 2. The molecule has 3 aromatic rings. The molecule has 0 aliphatic heterocycles. The number of hydrogen-bond acceptors (Lipinski definition) is 3. The Kier molecular flexibility index (Phi) is 4.29. The summed E-state index contributed by atoms with van der Waals surface area (Å²) < 4.78 is 1.91. The number of carbonyl (C=O) groups is 1. The number of nitrogens with one attached hydrogen (secondary N) is 2. The maximum Gasteiger partial charge on any atom is 0.289 e. The number of carbonyl (C=O) groups excluding carboxylic acids is 1. The van der Waals surface area contributed by atoms with Crippen molar-refractivity contribution in [2.75, 3.05) is 0 Å². The van der Waals surface area contributed by atoms with Crippen molar-refractivity contribution in [3.63, 3.8) is 0 Å². The number of aromatic amines is 1. The molecule has 1 amide bonds. The monoisotopic (exact) mass is 321 g/mol. The molecule has 2 heterocycles. The topological polar surface area (TPSA) is 75.1 Å². The Morgan fingerprint density at radius 1 is 1.25 bits per heavy atom. The van der Waals surface area contributed by atoms with Crippen molar-refractivity contribution in [2.45, 2.75) is 13.8 Å². The number of H-pyrrole nitrogens is 1. The summed E-state index contributed by atoms with van der Waals surface area (Å²) in [4.78, 5) is 12.1. The van der Waals surface area contributed by atoms with Crippen molar-refractivity contribution in [2.24, 2.45) is 12.1 Å². The summed E-state index contributed by atoms with van der Waals surface area (Å²) in [5.41, 5.74) is 7.88. The predicted molar refractivity (Wildman–Crippen MR) is 94.0 cm³/mol. The highest BCUT2D eigenvalue weighted by Gasteiger charge is 2.10. The van der Waals surface area contributed by atoms with Gasteiger partial charge < -0.3 is 4.57 Å². The largest absolute Gasteiger partial charge is 0.350 e. The number of amides is 1. The van der Waals surface area contributed by atoms with Crippen LogP contribution in [0.25, 0.3) is 11.3 Å². The van der Waals surface area contributed by atoms with Gasteiger partial charge in [0.25, 0.3) is 5.91 Å². The average Bonchev–Trinajstić information content (AvgIpc) is 3.20. The number of rotatable bonds is 4. The number of hydrazone groups is 1. The Hall–Kier alpha value is -3.15. The first-order valence-corrected chi connectivity index (χ1v) is 7.62. The molecule has 0 bridgehead atoms. The average molecular weight is 321 g/mol. The van der Waals surface area contributed by atoms with Gasteiger partial charge in [-0.15, -0.1) is 0 Å². The molecular weight excluding hydrogens is 302 g/mol. The fourth-order valence-corrected chi connectivity index (χ4v) is 2.31. The predicted octanol–water partition coefficient (Wildman–Crippen LogP) is 2.80. The molecule has 0 atom stereocenters. The Bertz CT molecular complexity index is 904. The van der Waals surface area contributed by atoms with E-state index in [1.807, 2.05) is 42.1 Å². The van der Waals surface area contributed by atoms with Crippen molar-refractivity contribution in [1.29, 1.82) is 0 Å². The van der Waals surface area contributed by atoms with Gasteiger partial charge in [0.15, 0.2) is 0 Å². The number of aromatic nitrogens is 3. The quantitative estimate of drug-likeness (QED) is 0.573. The van der Waals surface area contributed by atoms with E-state index in [0.717, 1.165) is 17.0 Å². The van der Waals surface area contributed by atoms with Crippen molar-refractivity contribution < 1.29 is 4.79 Å². The minimum absolute atomic E-state index is 0.331. The van der Waals surface area contributed by atoms with Crippen LogP contribution in [0.15, 0.2) is 47.7 Å². The van der Waals surface area contributed by atoms with Crippen molar-refractivity contribution >= 4 is 12.1 Å². The lowest BCUT2D eigenvalue weighted by Crippen LogP contribution is -2.18. The van der Waals surface area contributed by atoms with Crippen LogP contribution in [0.4, 0.5) is 0 Å². The molecule has 0 saturated heterocycles. The fraction of sp³-hybridized carbons (Fsp3) is 0.167. The van der Waals surface area contributed by atoms with Crippen molar-refractivity contribution in [1.82, 2.24) is 20.2 Å². The van der Waals surface area contributed by atoms with Crippen molar-refractivity contribution in [3.05, 3.63) is 65.1 Å². The number of aryl methyl sites for hydroxylation is 3. The van der Waals surface area contributed by atoms with Crippen LogP contribution in [0.2, 0.25) is 0 Å². The van der Waals surface area contributed by atoms with Crippen LogP contribution in [0.1, 0.15) is 27.3 Å². The lowest BCUT2D eigenvalue weighted by Gasteiger charge is -2.01. The van der Waals surface area contributed by atoms with Crippen LogP contribution in [0.3, 0.4) is 0 Å². The molecule has 6 heteroatoms. The number of benzene rings is 1. The molecule has 1 aromatic carbocycles. The molecule has 0 fully saturated rings. The lowest BCUT2D eigenvalue weighted by molar-refractivity contribution is 0.0950. The van der Waals surface area contributed by atoms with Gasteiger partial charge in [0.05, 0.1) is 17.6 Å². The van der Waals surface area contributed by atoms with Gasteiger partial charge in [0.1, 0.15) is 5.69 Å². The molecule has 0 aliphatic rings. The summed E-state index contributed by atoms with van der Waals surface area (Å²) in [5.74, 6) is -0.331. The van der Waals surface area contributed by atoms with Crippen LogP contribution < -0.4 is 5.43 Å². The molecule has 6 nitrogen and oxygen atoms in total. The lowest BCUT2D eigenvalue weighted by atomic mass is 10.0. The smallest absolute Gasteiger partial charge is 0.289 e. The molecule has 0 spiro atoms. The SMILES string of the molecule is Cc1ccc(-c2cc(C(=O)NN=Cc3cccn3C)[nH]n2)cc1C. The zero-order chi connectivity index (χ0) is 17.1. The van der Waals surface area contributed by atoms with Gasteiger partial charge in [-0.3, -0.25) is 9.89 Å². The van der Waals surface area contributed by atoms with Gasteiger partial charge in [-0.2, -0.15) is 10.2 Å².